The molecule has 0 aromatic heterocycles. The van der Waals surface area contributed by atoms with Crippen LogP contribution in [0.4, 0.5) is 4.39 Å². The van der Waals surface area contributed by atoms with Gasteiger partial charge in [-0.05, 0) is 29.8 Å². The Kier molecular flexibility index (Phi) is 3.81. The van der Waals surface area contributed by atoms with Gasteiger partial charge in [0.2, 0.25) is 0 Å². The first-order valence-corrected chi connectivity index (χ1v) is 5.91. The van der Waals surface area contributed by atoms with Gasteiger partial charge >= 0.3 is 5.97 Å². The van der Waals surface area contributed by atoms with E-state index in [0.29, 0.717) is 5.56 Å². The molecule has 6 heteroatoms. The molecule has 2 N–H and O–H groups in total. The zero-order valence-electron chi connectivity index (χ0n) is 10.4. The highest BCUT2D eigenvalue weighted by molar-refractivity contribution is 6.31. The lowest BCUT2D eigenvalue weighted by Gasteiger charge is -2.11. The van der Waals surface area contributed by atoms with Crippen LogP contribution in [0.1, 0.15) is 10.4 Å². The number of phenols is 1. The highest BCUT2D eigenvalue weighted by Gasteiger charge is 2.16. The van der Waals surface area contributed by atoms with Gasteiger partial charge in [-0.3, -0.25) is 0 Å². The number of hydrogen-bond acceptors (Lipinski definition) is 3. The first-order valence-electron chi connectivity index (χ1n) is 5.53. The summed E-state index contributed by atoms with van der Waals surface area (Å²) >= 11 is 5.69. The third kappa shape index (κ3) is 2.53. The van der Waals surface area contributed by atoms with Crippen LogP contribution in [0.25, 0.3) is 11.1 Å². The minimum absolute atomic E-state index is 0.0142. The summed E-state index contributed by atoms with van der Waals surface area (Å²) in [6.45, 7) is 0. The van der Waals surface area contributed by atoms with Crippen LogP contribution < -0.4 is 4.74 Å². The van der Waals surface area contributed by atoms with Gasteiger partial charge < -0.3 is 14.9 Å². The Bertz CT molecular complexity index is 685. The topological polar surface area (TPSA) is 66.8 Å². The Morgan fingerprint density at radius 3 is 2.55 bits per heavy atom. The second-order valence-electron chi connectivity index (χ2n) is 4.01. The number of carbonyl (C=O) groups is 1. The van der Waals surface area contributed by atoms with Crippen molar-refractivity contribution in [2.24, 2.45) is 0 Å². The molecule has 0 aliphatic rings. The monoisotopic (exact) mass is 296 g/mol. The van der Waals surface area contributed by atoms with Gasteiger partial charge in [0.25, 0.3) is 0 Å². The number of ether oxygens (including phenoxy) is 1. The fraction of sp³-hybridized carbons (Fsp3) is 0.0714. The fourth-order valence-corrected chi connectivity index (χ4v) is 1.95. The molecular formula is C14H10ClFO4. The van der Waals surface area contributed by atoms with Gasteiger partial charge in [0.1, 0.15) is 5.82 Å². The summed E-state index contributed by atoms with van der Waals surface area (Å²) in [6.07, 6.45) is 0. The summed E-state index contributed by atoms with van der Waals surface area (Å²) in [5.74, 6) is -1.99. The molecule has 0 saturated heterocycles. The van der Waals surface area contributed by atoms with Crippen molar-refractivity contribution < 1.29 is 24.1 Å². The average Bonchev–Trinajstić information content (AvgIpc) is 2.42. The van der Waals surface area contributed by atoms with E-state index in [9.17, 15) is 14.3 Å². The average molecular weight is 297 g/mol. The molecule has 2 rings (SSSR count). The van der Waals surface area contributed by atoms with Crippen LogP contribution >= 0.6 is 11.6 Å². The second-order valence-corrected chi connectivity index (χ2v) is 4.42. The molecule has 2 aromatic carbocycles. The zero-order chi connectivity index (χ0) is 14.9. The van der Waals surface area contributed by atoms with E-state index in [1.807, 2.05) is 0 Å². The lowest BCUT2D eigenvalue weighted by Crippen LogP contribution is -1.98. The summed E-state index contributed by atoms with van der Waals surface area (Å²) < 4.78 is 18.1. The van der Waals surface area contributed by atoms with Crippen molar-refractivity contribution in [2.45, 2.75) is 0 Å². The van der Waals surface area contributed by atoms with Crippen molar-refractivity contribution in [1.29, 1.82) is 0 Å². The summed E-state index contributed by atoms with van der Waals surface area (Å²) in [5, 5.41) is 19.0. The number of carboxylic acid groups (broad SMARTS) is 1. The molecule has 4 nitrogen and oxygen atoms in total. The minimum Gasteiger partial charge on any atom is -0.504 e. The molecule has 0 spiro atoms. The number of phenolic OH excluding ortho intramolecular Hbond substituents is 1. The molecule has 20 heavy (non-hydrogen) atoms. The van der Waals surface area contributed by atoms with Crippen molar-refractivity contribution in [3.05, 3.63) is 46.7 Å². The van der Waals surface area contributed by atoms with Gasteiger partial charge in [0.15, 0.2) is 11.5 Å². The van der Waals surface area contributed by atoms with Gasteiger partial charge in [-0.1, -0.05) is 17.7 Å². The first-order chi connectivity index (χ1) is 9.43. The Balaban J connectivity index is 2.68. The summed E-state index contributed by atoms with van der Waals surface area (Å²) in [6, 6.07) is 6.30. The van der Waals surface area contributed by atoms with E-state index < -0.39 is 11.8 Å². The molecule has 2 aromatic rings. The van der Waals surface area contributed by atoms with Gasteiger partial charge in [-0.2, -0.15) is 0 Å². The zero-order valence-corrected chi connectivity index (χ0v) is 11.1. The summed E-state index contributed by atoms with van der Waals surface area (Å²) in [4.78, 5) is 11.1. The van der Waals surface area contributed by atoms with E-state index in [4.69, 9.17) is 21.4 Å². The molecule has 104 valence electrons. The molecule has 0 saturated carbocycles. The normalized spacial score (nSPS) is 10.3. The standard InChI is InChI=1S/C14H10ClFO4/c1-20-12-6-8(14(18)19)4-9(13(12)17)7-2-3-11(16)10(15)5-7/h2-6,17H,1H3,(H,18,19). The number of aromatic hydroxyl groups is 1. The molecule has 0 heterocycles. The van der Waals surface area contributed by atoms with E-state index in [2.05, 4.69) is 0 Å². The minimum atomic E-state index is -1.17. The first kappa shape index (κ1) is 14.1. The highest BCUT2D eigenvalue weighted by atomic mass is 35.5. The van der Waals surface area contributed by atoms with Crippen LogP contribution in [0.5, 0.6) is 11.5 Å². The van der Waals surface area contributed by atoms with Crippen molar-refractivity contribution in [3.8, 4) is 22.6 Å². The molecule has 0 radical (unpaired) electrons. The van der Waals surface area contributed by atoms with Crippen LogP contribution in [0.2, 0.25) is 5.02 Å². The van der Waals surface area contributed by atoms with Crippen molar-refractivity contribution in [1.82, 2.24) is 0 Å². The number of rotatable bonds is 3. The molecule has 0 fully saturated rings. The number of methoxy groups -OCH3 is 1. The lowest BCUT2D eigenvalue weighted by atomic mass is 10.0. The molecule has 0 aliphatic heterocycles. The molecule has 0 aliphatic carbocycles. The number of aromatic carboxylic acids is 1. The number of halogens is 2. The van der Waals surface area contributed by atoms with Gasteiger partial charge in [0.05, 0.1) is 17.7 Å². The van der Waals surface area contributed by atoms with Crippen LogP contribution in [0.15, 0.2) is 30.3 Å². The number of hydrogen-bond donors (Lipinski definition) is 2. The molecular weight excluding hydrogens is 287 g/mol. The molecule has 0 amide bonds. The van der Waals surface area contributed by atoms with Crippen molar-refractivity contribution >= 4 is 17.6 Å². The van der Waals surface area contributed by atoms with E-state index in [-0.39, 0.29) is 27.6 Å². The van der Waals surface area contributed by atoms with Crippen LogP contribution in [-0.2, 0) is 0 Å². The summed E-state index contributed by atoms with van der Waals surface area (Å²) in [5.41, 5.74) is 0.522. The quantitative estimate of drug-likeness (QED) is 0.909. The maximum Gasteiger partial charge on any atom is 0.335 e. The third-order valence-corrected chi connectivity index (χ3v) is 3.06. The molecule has 0 unspecified atom stereocenters. The molecule has 0 bridgehead atoms. The van der Waals surface area contributed by atoms with Crippen LogP contribution in [-0.4, -0.2) is 23.3 Å². The smallest absolute Gasteiger partial charge is 0.335 e. The SMILES string of the molecule is COc1cc(C(=O)O)cc(-c2ccc(F)c(Cl)c2)c1O. The molecule has 0 atom stereocenters. The van der Waals surface area contributed by atoms with Crippen LogP contribution in [0.3, 0.4) is 0 Å². The maximum absolute atomic E-state index is 13.2. The maximum atomic E-state index is 13.2. The fourth-order valence-electron chi connectivity index (χ4n) is 1.77. The van der Waals surface area contributed by atoms with Crippen molar-refractivity contribution in [3.63, 3.8) is 0 Å². The van der Waals surface area contributed by atoms with E-state index in [1.54, 1.807) is 0 Å². The largest absolute Gasteiger partial charge is 0.504 e. The number of benzene rings is 2. The lowest BCUT2D eigenvalue weighted by molar-refractivity contribution is 0.0696. The van der Waals surface area contributed by atoms with Crippen molar-refractivity contribution in [2.75, 3.05) is 7.11 Å². The van der Waals surface area contributed by atoms with Gasteiger partial charge in [-0.25, -0.2) is 9.18 Å². The summed E-state index contributed by atoms with van der Waals surface area (Å²) in [7, 11) is 1.31. The van der Waals surface area contributed by atoms with Gasteiger partial charge in [-0.15, -0.1) is 0 Å². The third-order valence-electron chi connectivity index (χ3n) is 2.77. The predicted molar refractivity (Wildman–Crippen MR) is 72.0 cm³/mol. The van der Waals surface area contributed by atoms with E-state index >= 15 is 0 Å². The number of carboxylic acids is 1. The predicted octanol–water partition coefficient (Wildman–Crippen LogP) is 3.56. The second kappa shape index (κ2) is 5.38. The van der Waals surface area contributed by atoms with Gasteiger partial charge in [0, 0.05) is 5.56 Å². The van der Waals surface area contributed by atoms with E-state index in [0.717, 1.165) is 6.07 Å². The Hall–Kier alpha value is -2.27. The Morgan fingerprint density at radius 2 is 2.00 bits per heavy atom. The van der Waals surface area contributed by atoms with E-state index in [1.165, 1.54) is 31.4 Å². The highest BCUT2D eigenvalue weighted by Crippen LogP contribution is 2.39. The Labute approximate surface area is 119 Å². The van der Waals surface area contributed by atoms with Crippen LogP contribution in [0, 0.1) is 5.82 Å². The Morgan fingerprint density at radius 1 is 1.30 bits per heavy atom.